The van der Waals surface area contributed by atoms with Crippen molar-refractivity contribution in [3.05, 3.63) is 44.3 Å². The number of ether oxygens (including phenoxy) is 2. The Morgan fingerprint density at radius 3 is 2.76 bits per heavy atom. The molecule has 3 rings (SSSR count). The van der Waals surface area contributed by atoms with E-state index in [0.29, 0.717) is 28.4 Å². The van der Waals surface area contributed by atoms with E-state index in [4.69, 9.17) is 26.3 Å². The van der Waals surface area contributed by atoms with Gasteiger partial charge in [-0.15, -0.1) is 0 Å². The summed E-state index contributed by atoms with van der Waals surface area (Å²) in [7, 11) is 0. The predicted octanol–water partition coefficient (Wildman–Crippen LogP) is 1.75. The van der Waals surface area contributed by atoms with Crippen LogP contribution in [0, 0.1) is 25.2 Å². The summed E-state index contributed by atoms with van der Waals surface area (Å²) < 4.78 is 11.4. The number of amides is 1. The first kappa shape index (κ1) is 16.8. The number of hydrogen-bond acceptors (Lipinski definition) is 6. The second-order valence-electron chi connectivity index (χ2n) is 5.39. The fourth-order valence-electron chi connectivity index (χ4n) is 2.35. The Kier molecular flexibility index (Phi) is 4.33. The minimum atomic E-state index is -0.613. The molecule has 0 radical (unpaired) electrons. The molecular formula is C16H13ClN4O4. The number of nitrogens with zero attached hydrogens (tertiary/aromatic N) is 3. The highest BCUT2D eigenvalue weighted by Crippen LogP contribution is 2.39. The number of carbonyl (C=O) groups excluding carboxylic acids is 1. The lowest BCUT2D eigenvalue weighted by Gasteiger charge is -2.11. The number of benzene rings is 1. The summed E-state index contributed by atoms with van der Waals surface area (Å²) in [5.41, 5.74) is 0.695. The van der Waals surface area contributed by atoms with E-state index < -0.39 is 11.5 Å². The third-order valence-corrected chi connectivity index (χ3v) is 4.09. The van der Waals surface area contributed by atoms with E-state index in [0.717, 1.165) is 4.68 Å². The normalized spacial score (nSPS) is 11.9. The summed E-state index contributed by atoms with van der Waals surface area (Å²) in [4.78, 5) is 24.5. The van der Waals surface area contributed by atoms with Crippen LogP contribution in [0.25, 0.3) is 0 Å². The monoisotopic (exact) mass is 360 g/mol. The molecule has 8 nitrogen and oxygen atoms in total. The molecule has 1 N–H and O–H groups in total. The van der Waals surface area contributed by atoms with Crippen LogP contribution in [0.2, 0.25) is 5.02 Å². The molecule has 0 unspecified atom stereocenters. The van der Waals surface area contributed by atoms with Crippen molar-refractivity contribution >= 4 is 23.2 Å². The number of nitriles is 1. The predicted molar refractivity (Wildman–Crippen MR) is 88.9 cm³/mol. The number of halogens is 1. The molecule has 2 aromatic rings. The lowest BCUT2D eigenvalue weighted by molar-refractivity contribution is -0.117. The summed E-state index contributed by atoms with van der Waals surface area (Å²) in [6, 6.07) is 4.93. The zero-order valence-corrected chi connectivity index (χ0v) is 14.2. The van der Waals surface area contributed by atoms with Crippen LogP contribution < -0.4 is 20.3 Å². The minimum absolute atomic E-state index is 0.0265. The molecule has 9 heteroatoms. The van der Waals surface area contributed by atoms with Crippen LogP contribution in [0.1, 0.15) is 16.8 Å². The Balaban J connectivity index is 1.84. The average Bonchev–Trinajstić information content (AvgIpc) is 3.00. The van der Waals surface area contributed by atoms with Gasteiger partial charge in [-0.25, -0.2) is 4.68 Å². The SMILES string of the molecule is Cc1nn(CC(=O)Nc2cc3c(cc2Cl)OCO3)c(=O)c(C#N)c1C. The summed E-state index contributed by atoms with van der Waals surface area (Å²) in [6.07, 6.45) is 0. The Morgan fingerprint density at radius 1 is 1.40 bits per heavy atom. The number of aryl methyl sites for hydroxylation is 1. The van der Waals surface area contributed by atoms with Crippen molar-refractivity contribution in [1.82, 2.24) is 9.78 Å². The largest absolute Gasteiger partial charge is 0.454 e. The van der Waals surface area contributed by atoms with Gasteiger partial charge in [0, 0.05) is 12.1 Å². The van der Waals surface area contributed by atoms with Crippen molar-refractivity contribution in [2.75, 3.05) is 12.1 Å². The zero-order valence-electron chi connectivity index (χ0n) is 13.4. The molecule has 2 heterocycles. The fourth-order valence-corrected chi connectivity index (χ4v) is 2.55. The van der Waals surface area contributed by atoms with Crippen LogP contribution >= 0.6 is 11.6 Å². The Hall–Kier alpha value is -3.05. The molecule has 0 bridgehead atoms. The fraction of sp³-hybridized carbons (Fsp3) is 0.250. The van der Waals surface area contributed by atoms with Gasteiger partial charge in [-0.1, -0.05) is 11.6 Å². The number of hydrogen-bond donors (Lipinski definition) is 1. The van der Waals surface area contributed by atoms with Gasteiger partial charge in [0.25, 0.3) is 5.56 Å². The molecule has 0 saturated heterocycles. The first-order valence-electron chi connectivity index (χ1n) is 7.28. The number of anilines is 1. The van der Waals surface area contributed by atoms with E-state index in [9.17, 15) is 9.59 Å². The Morgan fingerprint density at radius 2 is 2.08 bits per heavy atom. The van der Waals surface area contributed by atoms with E-state index >= 15 is 0 Å². The van der Waals surface area contributed by atoms with Crippen molar-refractivity contribution < 1.29 is 14.3 Å². The van der Waals surface area contributed by atoms with Crippen molar-refractivity contribution in [2.45, 2.75) is 20.4 Å². The van der Waals surface area contributed by atoms with Crippen LogP contribution in [0.3, 0.4) is 0 Å². The molecule has 128 valence electrons. The smallest absolute Gasteiger partial charge is 0.285 e. The molecular weight excluding hydrogens is 348 g/mol. The molecule has 1 aliphatic heterocycles. The summed E-state index contributed by atoms with van der Waals surface area (Å²) in [5.74, 6) is 0.448. The number of fused-ring (bicyclic) bond motifs is 1. The van der Waals surface area contributed by atoms with E-state index in [1.165, 1.54) is 6.07 Å². The van der Waals surface area contributed by atoms with Crippen molar-refractivity contribution in [2.24, 2.45) is 0 Å². The number of nitrogens with one attached hydrogen (secondary N) is 1. The van der Waals surface area contributed by atoms with Gasteiger partial charge in [0.15, 0.2) is 11.5 Å². The summed E-state index contributed by atoms with van der Waals surface area (Å²) in [5, 5.41) is 16.0. The maximum Gasteiger partial charge on any atom is 0.285 e. The topological polar surface area (TPSA) is 106 Å². The van der Waals surface area contributed by atoms with E-state index in [1.807, 2.05) is 6.07 Å². The van der Waals surface area contributed by atoms with E-state index in [2.05, 4.69) is 10.4 Å². The maximum atomic E-state index is 12.3. The second kappa shape index (κ2) is 6.45. The van der Waals surface area contributed by atoms with Gasteiger partial charge in [0.05, 0.1) is 16.4 Å². The highest BCUT2D eigenvalue weighted by Gasteiger charge is 2.19. The van der Waals surface area contributed by atoms with Gasteiger partial charge < -0.3 is 14.8 Å². The van der Waals surface area contributed by atoms with Crippen LogP contribution in [-0.2, 0) is 11.3 Å². The van der Waals surface area contributed by atoms with Crippen molar-refractivity contribution in [3.8, 4) is 17.6 Å². The zero-order chi connectivity index (χ0) is 18.1. The highest BCUT2D eigenvalue weighted by atomic mass is 35.5. The van der Waals surface area contributed by atoms with E-state index in [1.54, 1.807) is 19.9 Å². The highest BCUT2D eigenvalue weighted by molar-refractivity contribution is 6.34. The lowest BCUT2D eigenvalue weighted by Crippen LogP contribution is -2.32. The molecule has 1 aliphatic rings. The first-order chi connectivity index (χ1) is 11.9. The number of carbonyl (C=O) groups is 1. The van der Waals surface area contributed by atoms with E-state index in [-0.39, 0.29) is 23.9 Å². The average molecular weight is 361 g/mol. The minimum Gasteiger partial charge on any atom is -0.454 e. The van der Waals surface area contributed by atoms with Gasteiger partial charge in [-0.2, -0.15) is 10.4 Å². The van der Waals surface area contributed by atoms with Crippen LogP contribution in [-0.4, -0.2) is 22.5 Å². The standard InChI is InChI=1S/C16H13ClN4O4/c1-8-9(2)20-21(16(23)10(8)5-18)6-15(22)19-12-4-14-13(3-11(12)17)24-7-25-14/h3-4H,6-7H2,1-2H3,(H,19,22). The van der Waals surface area contributed by atoms with Crippen LogP contribution in [0.5, 0.6) is 11.5 Å². The molecule has 0 fully saturated rings. The first-order valence-corrected chi connectivity index (χ1v) is 7.66. The molecule has 1 aromatic carbocycles. The van der Waals surface area contributed by atoms with Gasteiger partial charge in [0.1, 0.15) is 18.2 Å². The van der Waals surface area contributed by atoms with Gasteiger partial charge in [-0.3, -0.25) is 9.59 Å². The molecule has 0 saturated carbocycles. The number of rotatable bonds is 3. The third-order valence-electron chi connectivity index (χ3n) is 3.78. The van der Waals surface area contributed by atoms with Gasteiger partial charge in [-0.05, 0) is 19.4 Å². The molecule has 1 aromatic heterocycles. The summed E-state index contributed by atoms with van der Waals surface area (Å²) >= 11 is 6.10. The molecule has 0 spiro atoms. The van der Waals surface area contributed by atoms with Gasteiger partial charge >= 0.3 is 0 Å². The molecule has 1 amide bonds. The molecule has 25 heavy (non-hydrogen) atoms. The second-order valence-corrected chi connectivity index (χ2v) is 5.80. The van der Waals surface area contributed by atoms with Crippen molar-refractivity contribution in [1.29, 1.82) is 5.26 Å². The number of aromatic nitrogens is 2. The van der Waals surface area contributed by atoms with Crippen LogP contribution in [0.4, 0.5) is 5.69 Å². The lowest BCUT2D eigenvalue weighted by atomic mass is 10.1. The maximum absolute atomic E-state index is 12.3. The Bertz CT molecular complexity index is 978. The van der Waals surface area contributed by atoms with Crippen LogP contribution in [0.15, 0.2) is 16.9 Å². The van der Waals surface area contributed by atoms with Gasteiger partial charge in [0.2, 0.25) is 12.7 Å². The Labute approximate surface area is 147 Å². The quantitative estimate of drug-likeness (QED) is 0.893. The molecule has 0 atom stereocenters. The summed E-state index contributed by atoms with van der Waals surface area (Å²) in [6.45, 7) is 3.04. The third kappa shape index (κ3) is 3.14. The van der Waals surface area contributed by atoms with Crippen molar-refractivity contribution in [3.63, 3.8) is 0 Å². The molecule has 0 aliphatic carbocycles.